The van der Waals surface area contributed by atoms with Gasteiger partial charge in [-0.25, -0.2) is 0 Å². The normalized spacial score (nSPS) is 12.4. The van der Waals surface area contributed by atoms with Crippen LogP contribution < -0.4 is 4.74 Å². The maximum Gasteiger partial charge on any atom is 0.193 e. The van der Waals surface area contributed by atoms with Crippen LogP contribution in [0.3, 0.4) is 0 Å². The molecule has 1 unspecified atom stereocenters. The third-order valence-electron chi connectivity index (χ3n) is 2.48. The van der Waals surface area contributed by atoms with E-state index in [2.05, 4.69) is 15.9 Å². The van der Waals surface area contributed by atoms with Gasteiger partial charge in [0.25, 0.3) is 0 Å². The highest BCUT2D eigenvalue weighted by Crippen LogP contribution is 2.30. The Balaban J connectivity index is 2.04. The van der Waals surface area contributed by atoms with Crippen molar-refractivity contribution in [2.75, 3.05) is 7.11 Å². The highest BCUT2D eigenvalue weighted by Gasteiger charge is 2.12. The molecule has 2 rings (SSSR count). The predicted molar refractivity (Wildman–Crippen MR) is 72.1 cm³/mol. The smallest absolute Gasteiger partial charge is 0.193 e. The summed E-state index contributed by atoms with van der Waals surface area (Å²) in [6, 6.07) is 11.6. The third-order valence-corrected chi connectivity index (χ3v) is 3.45. The number of rotatable bonds is 4. The lowest BCUT2D eigenvalue weighted by Gasteiger charge is -2.07. The molecule has 0 aliphatic heterocycles. The maximum atomic E-state index is 5.74. The van der Waals surface area contributed by atoms with Crippen LogP contribution in [-0.2, 0) is 6.42 Å². The fourth-order valence-corrected chi connectivity index (χ4v) is 2.34. The van der Waals surface area contributed by atoms with E-state index in [1.807, 2.05) is 30.3 Å². The summed E-state index contributed by atoms with van der Waals surface area (Å²) in [5.74, 6) is 1.70. The van der Waals surface area contributed by atoms with Crippen molar-refractivity contribution < 1.29 is 9.15 Å². The van der Waals surface area contributed by atoms with Gasteiger partial charge >= 0.3 is 0 Å². The summed E-state index contributed by atoms with van der Waals surface area (Å²) in [5.41, 5.74) is 1.21. The molecule has 4 heteroatoms. The topological polar surface area (TPSA) is 22.4 Å². The summed E-state index contributed by atoms with van der Waals surface area (Å²) in [7, 11) is 1.66. The average Bonchev–Trinajstić information content (AvgIpc) is 2.77. The zero-order valence-electron chi connectivity index (χ0n) is 9.32. The summed E-state index contributed by atoms with van der Waals surface area (Å²) in [4.78, 5) is 0.128. The molecular weight excluding hydrogens is 303 g/mol. The van der Waals surface area contributed by atoms with Crippen LogP contribution in [0.1, 0.15) is 16.2 Å². The van der Waals surface area contributed by atoms with Gasteiger partial charge in [-0.05, 0) is 47.9 Å². The van der Waals surface area contributed by atoms with Crippen molar-refractivity contribution in [3.8, 4) is 5.75 Å². The number of hydrogen-bond donors (Lipinski definition) is 0. The molecule has 0 radical (unpaired) electrons. The van der Waals surface area contributed by atoms with Crippen molar-refractivity contribution in [3.63, 3.8) is 0 Å². The number of hydrogen-bond acceptors (Lipinski definition) is 2. The van der Waals surface area contributed by atoms with Crippen LogP contribution in [0.25, 0.3) is 0 Å². The molecule has 0 bridgehead atoms. The molecule has 0 aliphatic rings. The highest BCUT2D eigenvalue weighted by atomic mass is 79.9. The molecule has 17 heavy (non-hydrogen) atoms. The maximum absolute atomic E-state index is 5.74. The molecule has 1 atom stereocenters. The second kappa shape index (κ2) is 5.61. The monoisotopic (exact) mass is 314 g/mol. The molecular formula is C13H12BrClO2. The van der Waals surface area contributed by atoms with Crippen LogP contribution in [0.4, 0.5) is 0 Å². The number of ether oxygens (including phenoxy) is 1. The van der Waals surface area contributed by atoms with Crippen molar-refractivity contribution in [3.05, 3.63) is 52.9 Å². The first kappa shape index (κ1) is 12.5. The largest absolute Gasteiger partial charge is 0.497 e. The van der Waals surface area contributed by atoms with E-state index in [1.165, 1.54) is 5.56 Å². The SMILES string of the molecule is COc1ccc(CC(Br)c2ccc(Cl)o2)cc1. The van der Waals surface area contributed by atoms with Crippen molar-refractivity contribution in [1.82, 2.24) is 0 Å². The minimum absolute atomic E-state index is 0.128. The zero-order chi connectivity index (χ0) is 12.3. The van der Waals surface area contributed by atoms with Gasteiger partial charge in [-0.1, -0.05) is 28.1 Å². The summed E-state index contributed by atoms with van der Waals surface area (Å²) in [6.45, 7) is 0. The molecule has 0 N–H and O–H groups in total. The van der Waals surface area contributed by atoms with E-state index in [9.17, 15) is 0 Å². The van der Waals surface area contributed by atoms with Gasteiger partial charge < -0.3 is 9.15 Å². The first-order valence-electron chi connectivity index (χ1n) is 5.21. The predicted octanol–water partition coefficient (Wildman–Crippen LogP) is 4.62. The summed E-state index contributed by atoms with van der Waals surface area (Å²) >= 11 is 9.33. The van der Waals surface area contributed by atoms with E-state index in [0.717, 1.165) is 17.9 Å². The molecule has 1 heterocycles. The Morgan fingerprint density at radius 2 is 1.94 bits per heavy atom. The molecule has 0 fully saturated rings. The Bertz CT molecular complexity index is 478. The molecule has 2 aromatic rings. The van der Waals surface area contributed by atoms with Crippen LogP contribution in [0, 0.1) is 0 Å². The molecule has 0 amide bonds. The average molecular weight is 316 g/mol. The number of alkyl halides is 1. The second-order valence-electron chi connectivity index (χ2n) is 3.66. The lowest BCUT2D eigenvalue weighted by molar-refractivity contribution is 0.414. The molecule has 90 valence electrons. The van der Waals surface area contributed by atoms with Crippen molar-refractivity contribution >= 4 is 27.5 Å². The van der Waals surface area contributed by atoms with E-state index in [-0.39, 0.29) is 4.83 Å². The first-order chi connectivity index (χ1) is 8.19. The van der Waals surface area contributed by atoms with E-state index >= 15 is 0 Å². The quantitative estimate of drug-likeness (QED) is 0.768. The molecule has 0 spiro atoms. The standard InChI is InChI=1S/C13H12BrClO2/c1-16-10-4-2-9(3-5-10)8-11(14)12-6-7-13(15)17-12/h2-7,11H,8H2,1H3. The van der Waals surface area contributed by atoms with Gasteiger partial charge in [0.05, 0.1) is 11.9 Å². The van der Waals surface area contributed by atoms with Gasteiger partial charge in [-0.2, -0.15) is 0 Å². The van der Waals surface area contributed by atoms with Crippen molar-refractivity contribution in [2.45, 2.75) is 11.2 Å². The van der Waals surface area contributed by atoms with E-state index in [1.54, 1.807) is 13.2 Å². The minimum atomic E-state index is 0.128. The van der Waals surface area contributed by atoms with Crippen LogP contribution in [0.5, 0.6) is 5.75 Å². The summed E-state index contributed by atoms with van der Waals surface area (Å²) in [5, 5.41) is 0.416. The van der Waals surface area contributed by atoms with Gasteiger partial charge in [0.1, 0.15) is 11.5 Å². The second-order valence-corrected chi connectivity index (χ2v) is 5.14. The lowest BCUT2D eigenvalue weighted by Crippen LogP contribution is -1.94. The van der Waals surface area contributed by atoms with Crippen molar-refractivity contribution in [2.24, 2.45) is 0 Å². The lowest BCUT2D eigenvalue weighted by atomic mass is 10.1. The number of benzene rings is 1. The van der Waals surface area contributed by atoms with Gasteiger partial charge in [0.15, 0.2) is 5.22 Å². The molecule has 1 aromatic carbocycles. The number of furan rings is 1. The van der Waals surface area contributed by atoms with Gasteiger partial charge in [-0.15, -0.1) is 0 Å². The minimum Gasteiger partial charge on any atom is -0.497 e. The molecule has 0 aliphatic carbocycles. The van der Waals surface area contributed by atoms with E-state index in [0.29, 0.717) is 5.22 Å². The van der Waals surface area contributed by atoms with Gasteiger partial charge in [0.2, 0.25) is 0 Å². The third kappa shape index (κ3) is 3.27. The van der Waals surface area contributed by atoms with Gasteiger partial charge in [-0.3, -0.25) is 0 Å². The Morgan fingerprint density at radius 3 is 2.47 bits per heavy atom. The number of halogens is 2. The Hall–Kier alpha value is -0.930. The fraction of sp³-hybridized carbons (Fsp3) is 0.231. The van der Waals surface area contributed by atoms with Crippen molar-refractivity contribution in [1.29, 1.82) is 0 Å². The fourth-order valence-electron chi connectivity index (χ4n) is 1.57. The Kier molecular flexibility index (Phi) is 4.13. The Morgan fingerprint density at radius 1 is 1.24 bits per heavy atom. The van der Waals surface area contributed by atoms with E-state index < -0.39 is 0 Å². The molecule has 0 saturated heterocycles. The molecule has 2 nitrogen and oxygen atoms in total. The van der Waals surface area contributed by atoms with Crippen LogP contribution in [-0.4, -0.2) is 7.11 Å². The van der Waals surface area contributed by atoms with Gasteiger partial charge in [0, 0.05) is 0 Å². The van der Waals surface area contributed by atoms with E-state index in [4.69, 9.17) is 20.8 Å². The number of methoxy groups -OCH3 is 1. The van der Waals surface area contributed by atoms with Crippen LogP contribution in [0.2, 0.25) is 5.22 Å². The Labute approximate surface area is 114 Å². The highest BCUT2D eigenvalue weighted by molar-refractivity contribution is 9.09. The summed E-state index contributed by atoms with van der Waals surface area (Å²) in [6.07, 6.45) is 0.841. The zero-order valence-corrected chi connectivity index (χ0v) is 11.7. The summed E-state index contributed by atoms with van der Waals surface area (Å²) < 4.78 is 10.5. The van der Waals surface area contributed by atoms with Crippen LogP contribution >= 0.6 is 27.5 Å². The molecule has 1 aromatic heterocycles. The van der Waals surface area contributed by atoms with Crippen LogP contribution in [0.15, 0.2) is 40.8 Å². The first-order valence-corrected chi connectivity index (χ1v) is 6.50. The molecule has 0 saturated carbocycles.